The lowest BCUT2D eigenvalue weighted by Crippen LogP contribution is -2.50. The number of piperazine rings is 1. The molecule has 4 nitrogen and oxygen atoms in total. The fraction of sp³-hybridized carbons (Fsp3) is 0.533. The third-order valence-electron chi connectivity index (χ3n) is 3.87. The molecule has 1 aromatic carbocycles. The molecule has 0 radical (unpaired) electrons. The van der Waals surface area contributed by atoms with E-state index in [9.17, 15) is 9.18 Å². The topological polar surface area (TPSA) is 49.6 Å². The number of halogens is 1. The predicted molar refractivity (Wildman–Crippen MR) is 76.7 cm³/mol. The van der Waals surface area contributed by atoms with Crippen molar-refractivity contribution in [1.29, 1.82) is 0 Å². The minimum Gasteiger partial charge on any atom is -0.340 e. The van der Waals surface area contributed by atoms with Crippen LogP contribution in [0.5, 0.6) is 0 Å². The average Bonchev–Trinajstić information content (AvgIpc) is 2.46. The van der Waals surface area contributed by atoms with E-state index >= 15 is 0 Å². The number of carbonyl (C=O) groups is 1. The molecule has 1 saturated heterocycles. The van der Waals surface area contributed by atoms with Crippen LogP contribution >= 0.6 is 0 Å². The monoisotopic (exact) mass is 279 g/mol. The normalized spacial score (nSPS) is 18.1. The lowest BCUT2D eigenvalue weighted by molar-refractivity contribution is -0.136. The fourth-order valence-corrected chi connectivity index (χ4v) is 2.49. The first-order valence-electron chi connectivity index (χ1n) is 7.02. The molecule has 20 heavy (non-hydrogen) atoms. The third kappa shape index (κ3) is 3.55. The van der Waals surface area contributed by atoms with Crippen LogP contribution in [0.2, 0.25) is 0 Å². The smallest absolute Gasteiger partial charge is 0.227 e. The molecule has 0 bridgehead atoms. The molecule has 1 aromatic rings. The Hall–Kier alpha value is -1.46. The van der Waals surface area contributed by atoms with Gasteiger partial charge < -0.3 is 15.5 Å². The van der Waals surface area contributed by atoms with E-state index in [1.165, 1.54) is 6.07 Å². The maximum absolute atomic E-state index is 13.7. The summed E-state index contributed by atoms with van der Waals surface area (Å²) in [7, 11) is 2.04. The van der Waals surface area contributed by atoms with Crippen LogP contribution in [-0.2, 0) is 11.2 Å². The van der Waals surface area contributed by atoms with Crippen LogP contribution < -0.4 is 5.73 Å². The molecular formula is C15H22FN3O. The summed E-state index contributed by atoms with van der Waals surface area (Å²) in [4.78, 5) is 16.5. The van der Waals surface area contributed by atoms with Crippen molar-refractivity contribution < 1.29 is 9.18 Å². The zero-order chi connectivity index (χ0) is 14.5. The van der Waals surface area contributed by atoms with E-state index in [-0.39, 0.29) is 24.2 Å². The Morgan fingerprint density at radius 2 is 1.95 bits per heavy atom. The Morgan fingerprint density at radius 1 is 1.30 bits per heavy atom. The van der Waals surface area contributed by atoms with Gasteiger partial charge in [0.2, 0.25) is 5.91 Å². The van der Waals surface area contributed by atoms with Crippen LogP contribution in [0.15, 0.2) is 24.3 Å². The zero-order valence-electron chi connectivity index (χ0n) is 11.9. The van der Waals surface area contributed by atoms with Gasteiger partial charge in [-0.2, -0.15) is 0 Å². The van der Waals surface area contributed by atoms with E-state index in [0.29, 0.717) is 12.0 Å². The van der Waals surface area contributed by atoms with Gasteiger partial charge in [-0.15, -0.1) is 0 Å². The molecule has 1 unspecified atom stereocenters. The Balaban J connectivity index is 2.01. The average molecular weight is 279 g/mol. The third-order valence-corrected chi connectivity index (χ3v) is 3.87. The van der Waals surface area contributed by atoms with Crippen molar-refractivity contribution in [3.8, 4) is 0 Å². The van der Waals surface area contributed by atoms with Crippen molar-refractivity contribution in [2.45, 2.75) is 6.42 Å². The second-order valence-electron chi connectivity index (χ2n) is 5.36. The number of hydrogen-bond donors (Lipinski definition) is 1. The van der Waals surface area contributed by atoms with Gasteiger partial charge in [0, 0.05) is 32.7 Å². The first kappa shape index (κ1) is 14.9. The number of rotatable bonds is 4. The number of amides is 1. The molecule has 2 rings (SSSR count). The summed E-state index contributed by atoms with van der Waals surface area (Å²) in [6.07, 6.45) is 0.369. The van der Waals surface area contributed by atoms with Crippen molar-refractivity contribution in [3.63, 3.8) is 0 Å². The summed E-state index contributed by atoms with van der Waals surface area (Å²) in [6.45, 7) is 3.46. The van der Waals surface area contributed by atoms with E-state index in [4.69, 9.17) is 5.73 Å². The Labute approximate surface area is 119 Å². The molecule has 1 aliphatic rings. The highest BCUT2D eigenvalue weighted by atomic mass is 19.1. The van der Waals surface area contributed by atoms with Gasteiger partial charge in [-0.25, -0.2) is 4.39 Å². The molecule has 0 aliphatic carbocycles. The highest BCUT2D eigenvalue weighted by Gasteiger charge is 2.26. The SMILES string of the molecule is CN1CCN(C(=O)C(CN)Cc2ccccc2F)CC1. The molecule has 0 spiro atoms. The van der Waals surface area contributed by atoms with Crippen LogP contribution in [0.1, 0.15) is 5.56 Å². The largest absolute Gasteiger partial charge is 0.340 e. The quantitative estimate of drug-likeness (QED) is 0.883. The summed E-state index contributed by atoms with van der Waals surface area (Å²) < 4.78 is 13.7. The van der Waals surface area contributed by atoms with E-state index in [2.05, 4.69) is 4.90 Å². The summed E-state index contributed by atoms with van der Waals surface area (Å²) in [5, 5.41) is 0. The van der Waals surface area contributed by atoms with Gasteiger partial charge in [-0.05, 0) is 25.1 Å². The van der Waals surface area contributed by atoms with Crippen LogP contribution in [0.25, 0.3) is 0 Å². The molecule has 1 fully saturated rings. The second kappa shape index (κ2) is 6.81. The standard InChI is InChI=1S/C15H22FN3O/c1-18-6-8-19(9-7-18)15(20)13(11-17)10-12-4-2-3-5-14(12)16/h2-5,13H,6-11,17H2,1H3. The Kier molecular flexibility index (Phi) is 5.09. The van der Waals surface area contributed by atoms with E-state index < -0.39 is 0 Å². The highest BCUT2D eigenvalue weighted by Crippen LogP contribution is 2.15. The lowest BCUT2D eigenvalue weighted by atomic mass is 9.97. The zero-order valence-corrected chi connectivity index (χ0v) is 11.9. The molecule has 1 atom stereocenters. The van der Waals surface area contributed by atoms with Gasteiger partial charge in [-0.3, -0.25) is 4.79 Å². The first-order chi connectivity index (χ1) is 9.61. The molecule has 0 aromatic heterocycles. The van der Waals surface area contributed by atoms with Gasteiger partial charge in [0.1, 0.15) is 5.82 Å². The van der Waals surface area contributed by atoms with Crippen LogP contribution in [0, 0.1) is 11.7 Å². The lowest BCUT2D eigenvalue weighted by Gasteiger charge is -2.34. The minimum atomic E-state index is -0.338. The van der Waals surface area contributed by atoms with Gasteiger partial charge in [0.15, 0.2) is 0 Å². The van der Waals surface area contributed by atoms with Crippen LogP contribution in [-0.4, -0.2) is 55.5 Å². The molecule has 110 valence electrons. The fourth-order valence-electron chi connectivity index (χ4n) is 2.49. The predicted octanol–water partition coefficient (Wildman–Crippen LogP) is 0.717. The number of nitrogens with zero attached hydrogens (tertiary/aromatic N) is 2. The van der Waals surface area contributed by atoms with E-state index in [0.717, 1.165) is 26.2 Å². The molecule has 1 aliphatic heterocycles. The summed E-state index contributed by atoms with van der Waals surface area (Å²) in [5.41, 5.74) is 6.29. The molecule has 1 heterocycles. The van der Waals surface area contributed by atoms with Crippen LogP contribution in [0.4, 0.5) is 4.39 Å². The van der Waals surface area contributed by atoms with Crippen molar-refractivity contribution >= 4 is 5.91 Å². The molecular weight excluding hydrogens is 257 g/mol. The second-order valence-corrected chi connectivity index (χ2v) is 5.36. The van der Waals surface area contributed by atoms with Gasteiger partial charge in [-0.1, -0.05) is 18.2 Å². The molecule has 5 heteroatoms. The first-order valence-corrected chi connectivity index (χ1v) is 7.02. The summed E-state index contributed by atoms with van der Waals surface area (Å²) in [6, 6.07) is 6.57. The maximum Gasteiger partial charge on any atom is 0.227 e. The van der Waals surface area contributed by atoms with Gasteiger partial charge in [0.25, 0.3) is 0 Å². The number of benzene rings is 1. The van der Waals surface area contributed by atoms with Gasteiger partial charge >= 0.3 is 0 Å². The Morgan fingerprint density at radius 3 is 2.55 bits per heavy atom. The number of likely N-dealkylation sites (N-methyl/N-ethyl adjacent to an activating group) is 1. The molecule has 0 saturated carbocycles. The van der Waals surface area contributed by atoms with Crippen molar-refractivity contribution in [2.75, 3.05) is 39.8 Å². The number of carbonyl (C=O) groups excluding carboxylic acids is 1. The molecule has 2 N–H and O–H groups in total. The van der Waals surface area contributed by atoms with Crippen LogP contribution in [0.3, 0.4) is 0 Å². The summed E-state index contributed by atoms with van der Waals surface area (Å²) >= 11 is 0. The Bertz CT molecular complexity index is 458. The minimum absolute atomic E-state index is 0.0452. The van der Waals surface area contributed by atoms with E-state index in [1.54, 1.807) is 18.2 Å². The van der Waals surface area contributed by atoms with Crippen molar-refractivity contribution in [3.05, 3.63) is 35.6 Å². The molecule has 1 amide bonds. The maximum atomic E-state index is 13.7. The van der Waals surface area contributed by atoms with E-state index in [1.807, 2.05) is 11.9 Å². The highest BCUT2D eigenvalue weighted by molar-refractivity contribution is 5.79. The number of nitrogens with two attached hydrogens (primary N) is 1. The van der Waals surface area contributed by atoms with Gasteiger partial charge in [0.05, 0.1) is 5.92 Å². The summed E-state index contributed by atoms with van der Waals surface area (Å²) in [5.74, 6) is -0.559. The van der Waals surface area contributed by atoms with Crippen molar-refractivity contribution in [2.24, 2.45) is 11.7 Å². The van der Waals surface area contributed by atoms with Crippen molar-refractivity contribution in [1.82, 2.24) is 9.80 Å². The number of hydrogen-bond acceptors (Lipinski definition) is 3.